The average Bonchev–Trinajstić information content (AvgIpc) is 2.92. The van der Waals surface area contributed by atoms with Crippen molar-refractivity contribution >= 4 is 23.2 Å². The van der Waals surface area contributed by atoms with E-state index in [1.54, 1.807) is 6.07 Å². The van der Waals surface area contributed by atoms with Crippen LogP contribution in [-0.4, -0.2) is 18.3 Å². The van der Waals surface area contributed by atoms with Crippen molar-refractivity contribution in [2.75, 3.05) is 13.2 Å². The number of benzene rings is 2. The topological polar surface area (TPSA) is 29.5 Å². The van der Waals surface area contributed by atoms with E-state index in [0.717, 1.165) is 31.6 Å². The van der Waals surface area contributed by atoms with Gasteiger partial charge in [0, 0.05) is 0 Å². The van der Waals surface area contributed by atoms with Crippen LogP contribution >= 0.6 is 23.2 Å². The molecule has 1 heterocycles. The van der Waals surface area contributed by atoms with E-state index in [0.29, 0.717) is 27.6 Å². The minimum Gasteiger partial charge on any atom is -0.508 e. The van der Waals surface area contributed by atoms with Crippen molar-refractivity contribution in [1.82, 2.24) is 0 Å². The lowest BCUT2D eigenvalue weighted by atomic mass is 9.85. The lowest BCUT2D eigenvalue weighted by Gasteiger charge is -2.18. The second-order valence-electron chi connectivity index (χ2n) is 5.84. The third-order valence-electron chi connectivity index (χ3n) is 4.29. The molecule has 1 N–H and O–H groups in total. The van der Waals surface area contributed by atoms with Gasteiger partial charge in [0.25, 0.3) is 0 Å². The molecule has 0 aromatic heterocycles. The molecule has 0 amide bonds. The molecule has 0 spiro atoms. The Bertz CT molecular complexity index is 657. The fraction of sp³-hybridized carbons (Fsp3) is 0.333. The average molecular weight is 337 g/mol. The molecule has 22 heavy (non-hydrogen) atoms. The fourth-order valence-corrected chi connectivity index (χ4v) is 3.35. The number of phenols is 1. The summed E-state index contributed by atoms with van der Waals surface area (Å²) in [5.41, 5.74) is 2.16. The maximum Gasteiger partial charge on any atom is 0.118 e. The van der Waals surface area contributed by atoms with Gasteiger partial charge in [-0.3, -0.25) is 0 Å². The summed E-state index contributed by atoms with van der Waals surface area (Å²) < 4.78 is 5.67. The fourth-order valence-electron chi connectivity index (χ4n) is 3.03. The van der Waals surface area contributed by atoms with Crippen LogP contribution in [0.15, 0.2) is 42.5 Å². The molecule has 0 saturated carbocycles. The van der Waals surface area contributed by atoms with Crippen LogP contribution in [0.2, 0.25) is 10.0 Å². The molecule has 0 unspecified atom stereocenters. The van der Waals surface area contributed by atoms with E-state index in [2.05, 4.69) is 0 Å². The molecule has 116 valence electrons. The summed E-state index contributed by atoms with van der Waals surface area (Å²) in [7, 11) is 0. The molecule has 1 aliphatic heterocycles. The molecular weight excluding hydrogens is 319 g/mol. The Morgan fingerprint density at radius 1 is 0.955 bits per heavy atom. The van der Waals surface area contributed by atoms with Crippen LogP contribution in [0.1, 0.15) is 11.1 Å². The van der Waals surface area contributed by atoms with E-state index in [1.807, 2.05) is 36.4 Å². The van der Waals surface area contributed by atoms with Crippen molar-refractivity contribution in [2.24, 2.45) is 11.8 Å². The van der Waals surface area contributed by atoms with Gasteiger partial charge in [0.2, 0.25) is 0 Å². The molecule has 2 nitrogen and oxygen atoms in total. The number of hydrogen-bond donors (Lipinski definition) is 1. The quantitative estimate of drug-likeness (QED) is 0.873. The van der Waals surface area contributed by atoms with E-state index in [9.17, 15) is 5.11 Å². The van der Waals surface area contributed by atoms with Gasteiger partial charge in [0.15, 0.2) is 0 Å². The summed E-state index contributed by atoms with van der Waals surface area (Å²) in [4.78, 5) is 0. The van der Waals surface area contributed by atoms with Gasteiger partial charge in [-0.15, -0.1) is 0 Å². The predicted octanol–water partition coefficient (Wildman–Crippen LogP) is 4.75. The third-order valence-corrected chi connectivity index (χ3v) is 5.03. The predicted molar refractivity (Wildman–Crippen MR) is 89.8 cm³/mol. The Morgan fingerprint density at radius 2 is 1.68 bits per heavy atom. The standard InChI is InChI=1S/C18H18Cl2O2/c19-16-6-5-12(8-17(16)20)7-14-10-22-11-15(14)9-13-3-1-2-4-18(13)21/h1-6,8,14-15,21H,7,9-11H2/t14-,15-/m0/s1. The minimum absolute atomic E-state index is 0.364. The van der Waals surface area contributed by atoms with E-state index in [4.69, 9.17) is 27.9 Å². The van der Waals surface area contributed by atoms with Gasteiger partial charge in [-0.05, 0) is 54.0 Å². The van der Waals surface area contributed by atoms with Gasteiger partial charge in [0.1, 0.15) is 5.75 Å². The first-order valence-electron chi connectivity index (χ1n) is 7.42. The molecule has 3 rings (SSSR count). The molecule has 2 aromatic carbocycles. The van der Waals surface area contributed by atoms with Gasteiger partial charge < -0.3 is 9.84 Å². The Balaban J connectivity index is 1.70. The summed E-state index contributed by atoms with van der Waals surface area (Å²) in [6.45, 7) is 1.48. The molecule has 4 heteroatoms. The Kier molecular flexibility index (Phi) is 4.92. The lowest BCUT2D eigenvalue weighted by Crippen LogP contribution is -2.17. The highest BCUT2D eigenvalue weighted by molar-refractivity contribution is 6.42. The van der Waals surface area contributed by atoms with Crippen molar-refractivity contribution in [3.63, 3.8) is 0 Å². The summed E-state index contributed by atoms with van der Waals surface area (Å²) in [5.74, 6) is 1.20. The highest BCUT2D eigenvalue weighted by Crippen LogP contribution is 2.31. The van der Waals surface area contributed by atoms with Gasteiger partial charge in [-0.1, -0.05) is 47.5 Å². The van der Waals surface area contributed by atoms with Crippen LogP contribution in [0.25, 0.3) is 0 Å². The minimum atomic E-state index is 0.364. The zero-order valence-electron chi connectivity index (χ0n) is 12.1. The molecule has 0 radical (unpaired) electrons. The number of rotatable bonds is 4. The second kappa shape index (κ2) is 6.91. The van der Waals surface area contributed by atoms with E-state index in [1.165, 1.54) is 5.56 Å². The van der Waals surface area contributed by atoms with Gasteiger partial charge in [0.05, 0.1) is 23.3 Å². The smallest absolute Gasteiger partial charge is 0.118 e. The largest absolute Gasteiger partial charge is 0.508 e. The summed E-state index contributed by atoms with van der Waals surface area (Å²) >= 11 is 12.1. The maximum absolute atomic E-state index is 9.94. The Hall–Kier alpha value is -1.22. The monoisotopic (exact) mass is 336 g/mol. The van der Waals surface area contributed by atoms with E-state index >= 15 is 0 Å². The second-order valence-corrected chi connectivity index (χ2v) is 6.66. The van der Waals surface area contributed by atoms with Gasteiger partial charge in [-0.25, -0.2) is 0 Å². The van der Waals surface area contributed by atoms with Crippen LogP contribution in [0.3, 0.4) is 0 Å². The molecule has 2 atom stereocenters. The highest BCUT2D eigenvalue weighted by Gasteiger charge is 2.29. The van der Waals surface area contributed by atoms with Crippen LogP contribution in [0.4, 0.5) is 0 Å². The zero-order chi connectivity index (χ0) is 15.5. The number of aromatic hydroxyl groups is 1. The third kappa shape index (κ3) is 3.57. The van der Waals surface area contributed by atoms with Crippen LogP contribution in [0, 0.1) is 11.8 Å². The van der Waals surface area contributed by atoms with Crippen molar-refractivity contribution < 1.29 is 9.84 Å². The molecule has 0 bridgehead atoms. The zero-order valence-corrected chi connectivity index (χ0v) is 13.6. The molecule has 2 aromatic rings. The number of hydrogen-bond acceptors (Lipinski definition) is 2. The highest BCUT2D eigenvalue weighted by atomic mass is 35.5. The first kappa shape index (κ1) is 15.7. The first-order valence-corrected chi connectivity index (χ1v) is 8.17. The Morgan fingerprint density at radius 3 is 2.41 bits per heavy atom. The summed E-state index contributed by atoms with van der Waals surface area (Å²) in [5, 5.41) is 11.1. The Labute approximate surface area is 140 Å². The van der Waals surface area contributed by atoms with Crippen molar-refractivity contribution in [2.45, 2.75) is 12.8 Å². The molecule has 0 aliphatic carbocycles. The number of halogens is 2. The van der Waals surface area contributed by atoms with E-state index < -0.39 is 0 Å². The maximum atomic E-state index is 9.94. The van der Waals surface area contributed by atoms with Crippen LogP contribution < -0.4 is 0 Å². The lowest BCUT2D eigenvalue weighted by molar-refractivity contribution is 0.180. The SMILES string of the molecule is Oc1ccccc1C[C@H]1COC[C@@H]1Cc1ccc(Cl)c(Cl)c1. The number of ether oxygens (including phenoxy) is 1. The van der Waals surface area contributed by atoms with Crippen molar-refractivity contribution in [3.05, 3.63) is 63.6 Å². The van der Waals surface area contributed by atoms with Gasteiger partial charge >= 0.3 is 0 Å². The molecule has 1 saturated heterocycles. The summed E-state index contributed by atoms with van der Waals surface area (Å²) in [6.07, 6.45) is 1.74. The summed E-state index contributed by atoms with van der Waals surface area (Å²) in [6, 6.07) is 13.3. The first-order chi connectivity index (χ1) is 10.6. The normalized spacial score (nSPS) is 21.2. The van der Waals surface area contributed by atoms with Crippen LogP contribution in [-0.2, 0) is 17.6 Å². The van der Waals surface area contributed by atoms with E-state index in [-0.39, 0.29) is 0 Å². The van der Waals surface area contributed by atoms with Crippen LogP contribution in [0.5, 0.6) is 5.75 Å². The number of phenolic OH excluding ortho intramolecular Hbond substituents is 1. The van der Waals surface area contributed by atoms with Crippen molar-refractivity contribution in [3.8, 4) is 5.75 Å². The van der Waals surface area contributed by atoms with Gasteiger partial charge in [-0.2, -0.15) is 0 Å². The molecule has 1 fully saturated rings. The number of para-hydroxylation sites is 1. The molecule has 1 aliphatic rings. The van der Waals surface area contributed by atoms with Crippen molar-refractivity contribution in [1.29, 1.82) is 0 Å². The molecular formula is C18H18Cl2O2.